The van der Waals surface area contributed by atoms with Crippen molar-refractivity contribution in [1.82, 2.24) is 20.4 Å². The molecule has 1 atom stereocenters. The minimum absolute atomic E-state index is 0.0107. The monoisotopic (exact) mass is 470 g/mol. The van der Waals surface area contributed by atoms with Crippen LogP contribution in [0.3, 0.4) is 0 Å². The van der Waals surface area contributed by atoms with Crippen LogP contribution in [0.15, 0.2) is 57.9 Å². The fraction of sp³-hybridized carbons (Fsp3) is 0.375. The fourth-order valence-electron chi connectivity index (χ4n) is 3.84. The Morgan fingerprint density at radius 3 is 2.94 bits per heavy atom. The van der Waals surface area contributed by atoms with E-state index in [1.165, 1.54) is 0 Å². The van der Waals surface area contributed by atoms with Crippen molar-refractivity contribution < 1.29 is 9.32 Å². The number of nitrogens with one attached hydrogen (secondary N) is 1. The van der Waals surface area contributed by atoms with Crippen molar-refractivity contribution in [2.75, 3.05) is 25.4 Å². The summed E-state index contributed by atoms with van der Waals surface area (Å²) < 4.78 is 5.47. The van der Waals surface area contributed by atoms with Crippen LogP contribution >= 0.6 is 23.4 Å². The molecule has 0 bridgehead atoms. The third-order valence-electron chi connectivity index (χ3n) is 5.46. The van der Waals surface area contributed by atoms with Crippen LogP contribution in [0, 0.1) is 12.8 Å². The second-order valence-corrected chi connectivity index (χ2v) is 9.65. The molecule has 0 aliphatic carbocycles. The van der Waals surface area contributed by atoms with Crippen LogP contribution in [0.1, 0.15) is 24.3 Å². The largest absolute Gasteiger partial charge is 0.355 e. The highest BCUT2D eigenvalue weighted by atomic mass is 35.5. The molecule has 0 radical (unpaired) electrons. The summed E-state index contributed by atoms with van der Waals surface area (Å²) in [5, 5.41) is 7.94. The van der Waals surface area contributed by atoms with E-state index in [1.54, 1.807) is 11.8 Å². The van der Waals surface area contributed by atoms with Gasteiger partial charge in [0.2, 0.25) is 17.6 Å². The van der Waals surface area contributed by atoms with Gasteiger partial charge in [-0.1, -0.05) is 40.5 Å². The first-order chi connectivity index (χ1) is 15.6. The Balaban J connectivity index is 1.23. The summed E-state index contributed by atoms with van der Waals surface area (Å²) >= 11 is 7.62. The molecule has 168 valence electrons. The average Bonchev–Trinajstić information content (AvgIpc) is 3.26. The summed E-state index contributed by atoms with van der Waals surface area (Å²) in [5.74, 6) is 2.13. The van der Waals surface area contributed by atoms with Gasteiger partial charge in [-0.05, 0) is 56.6 Å². The van der Waals surface area contributed by atoms with Crippen LogP contribution in [-0.2, 0) is 11.3 Å². The number of amides is 1. The zero-order valence-electron chi connectivity index (χ0n) is 18.1. The van der Waals surface area contributed by atoms with Crippen molar-refractivity contribution in [3.8, 4) is 11.4 Å². The summed E-state index contributed by atoms with van der Waals surface area (Å²) in [4.78, 5) is 20.6. The van der Waals surface area contributed by atoms with Gasteiger partial charge in [-0.15, -0.1) is 11.8 Å². The zero-order chi connectivity index (χ0) is 22.3. The van der Waals surface area contributed by atoms with Crippen molar-refractivity contribution in [2.24, 2.45) is 5.92 Å². The summed E-state index contributed by atoms with van der Waals surface area (Å²) in [5.41, 5.74) is 2.11. The van der Waals surface area contributed by atoms with Gasteiger partial charge in [0.1, 0.15) is 0 Å². The number of hydrogen-bond donors (Lipinski definition) is 1. The van der Waals surface area contributed by atoms with Crippen molar-refractivity contribution >= 4 is 29.3 Å². The number of carbonyl (C=O) groups is 1. The predicted octanol–water partition coefficient (Wildman–Crippen LogP) is 4.82. The molecule has 0 saturated carbocycles. The maximum Gasteiger partial charge on any atom is 0.241 e. The van der Waals surface area contributed by atoms with E-state index in [0.717, 1.165) is 46.2 Å². The molecule has 1 saturated heterocycles. The summed E-state index contributed by atoms with van der Waals surface area (Å²) in [6.45, 7) is 4.89. The number of hydrogen-bond acceptors (Lipinski definition) is 6. The topological polar surface area (TPSA) is 71.3 Å². The Hall–Kier alpha value is -2.35. The van der Waals surface area contributed by atoms with E-state index < -0.39 is 0 Å². The van der Waals surface area contributed by atoms with Crippen LogP contribution in [-0.4, -0.2) is 46.3 Å². The molecule has 2 heterocycles. The van der Waals surface area contributed by atoms with Gasteiger partial charge in [-0.2, -0.15) is 4.98 Å². The van der Waals surface area contributed by atoms with E-state index in [9.17, 15) is 4.79 Å². The number of benzene rings is 2. The number of aromatic nitrogens is 2. The van der Waals surface area contributed by atoms with Crippen LogP contribution in [0.5, 0.6) is 0 Å². The third-order valence-corrected chi connectivity index (χ3v) is 6.73. The van der Waals surface area contributed by atoms with Crippen LogP contribution in [0.4, 0.5) is 0 Å². The Morgan fingerprint density at radius 1 is 1.28 bits per heavy atom. The number of halogens is 1. The Bertz CT molecular complexity index is 1040. The van der Waals surface area contributed by atoms with Crippen molar-refractivity contribution in [2.45, 2.75) is 31.2 Å². The highest BCUT2D eigenvalue weighted by Gasteiger charge is 2.26. The van der Waals surface area contributed by atoms with Gasteiger partial charge in [0.05, 0.1) is 12.5 Å². The first-order valence-corrected chi connectivity index (χ1v) is 12.2. The molecule has 8 heteroatoms. The maximum absolute atomic E-state index is 12.7. The standard InChI is InChI=1S/C24H27ClN4O2S/c1-17-4-2-5-18(14-17)23-27-22(31-28-23)16-29-12-3-6-19(15-29)24(30)26-11-13-32-21-9-7-20(25)8-10-21/h2,4-5,7-10,14,19H,3,6,11-13,15-16H2,1H3,(H,26,30). The number of likely N-dealkylation sites (tertiary alicyclic amines) is 1. The summed E-state index contributed by atoms with van der Waals surface area (Å²) in [6, 6.07) is 15.8. The molecule has 1 aliphatic rings. The minimum Gasteiger partial charge on any atom is -0.355 e. The van der Waals surface area contributed by atoms with Gasteiger partial charge >= 0.3 is 0 Å². The Labute approximate surface area is 197 Å². The highest BCUT2D eigenvalue weighted by molar-refractivity contribution is 7.99. The van der Waals surface area contributed by atoms with E-state index in [1.807, 2.05) is 55.5 Å². The first kappa shape index (κ1) is 22.8. The Kier molecular flexibility index (Phi) is 7.84. The van der Waals surface area contributed by atoms with Crippen molar-refractivity contribution in [3.05, 3.63) is 65.0 Å². The number of aryl methyl sites for hydroxylation is 1. The summed E-state index contributed by atoms with van der Waals surface area (Å²) in [7, 11) is 0. The zero-order valence-corrected chi connectivity index (χ0v) is 19.7. The SMILES string of the molecule is Cc1cccc(-c2noc(CN3CCCC(C(=O)NCCSc4ccc(Cl)cc4)C3)n2)c1. The van der Waals surface area contributed by atoms with E-state index in [4.69, 9.17) is 16.1 Å². The van der Waals surface area contributed by atoms with Crippen LogP contribution in [0.2, 0.25) is 5.02 Å². The van der Waals surface area contributed by atoms with E-state index in [-0.39, 0.29) is 11.8 Å². The van der Waals surface area contributed by atoms with Crippen molar-refractivity contribution in [3.63, 3.8) is 0 Å². The lowest BCUT2D eigenvalue weighted by molar-refractivity contribution is -0.126. The molecule has 1 aromatic heterocycles. The first-order valence-electron chi connectivity index (χ1n) is 10.8. The lowest BCUT2D eigenvalue weighted by Crippen LogP contribution is -2.43. The molecule has 1 fully saturated rings. The quantitative estimate of drug-likeness (QED) is 0.376. The maximum atomic E-state index is 12.7. The lowest BCUT2D eigenvalue weighted by atomic mass is 9.97. The molecule has 32 heavy (non-hydrogen) atoms. The van der Waals surface area contributed by atoms with Gasteiger partial charge in [-0.25, -0.2) is 0 Å². The molecule has 1 aliphatic heterocycles. The molecular formula is C24H27ClN4O2S. The van der Waals surface area contributed by atoms with Gasteiger partial charge in [0.25, 0.3) is 0 Å². The van der Waals surface area contributed by atoms with Gasteiger partial charge in [-0.3, -0.25) is 9.69 Å². The molecule has 3 aromatic rings. The van der Waals surface area contributed by atoms with Gasteiger partial charge in [0, 0.05) is 34.3 Å². The molecule has 1 amide bonds. The van der Waals surface area contributed by atoms with E-state index in [0.29, 0.717) is 31.3 Å². The highest BCUT2D eigenvalue weighted by Crippen LogP contribution is 2.22. The second kappa shape index (κ2) is 11.0. The predicted molar refractivity (Wildman–Crippen MR) is 128 cm³/mol. The van der Waals surface area contributed by atoms with E-state index >= 15 is 0 Å². The number of carbonyl (C=O) groups excluding carboxylic acids is 1. The smallest absolute Gasteiger partial charge is 0.241 e. The second-order valence-electron chi connectivity index (χ2n) is 8.05. The number of piperidine rings is 1. The van der Waals surface area contributed by atoms with Crippen LogP contribution < -0.4 is 5.32 Å². The fourth-order valence-corrected chi connectivity index (χ4v) is 4.74. The molecule has 4 rings (SSSR count). The third kappa shape index (κ3) is 6.34. The average molecular weight is 471 g/mol. The molecular weight excluding hydrogens is 444 g/mol. The number of rotatable bonds is 8. The van der Waals surface area contributed by atoms with Crippen molar-refractivity contribution in [1.29, 1.82) is 0 Å². The summed E-state index contributed by atoms with van der Waals surface area (Å²) in [6.07, 6.45) is 1.89. The molecule has 1 unspecified atom stereocenters. The number of thioether (sulfide) groups is 1. The van der Waals surface area contributed by atoms with Gasteiger partial charge < -0.3 is 9.84 Å². The molecule has 1 N–H and O–H groups in total. The molecule has 6 nitrogen and oxygen atoms in total. The normalized spacial score (nSPS) is 16.8. The number of nitrogens with zero attached hydrogens (tertiary/aromatic N) is 3. The lowest BCUT2D eigenvalue weighted by Gasteiger charge is -2.30. The van der Waals surface area contributed by atoms with Crippen LogP contribution in [0.25, 0.3) is 11.4 Å². The molecule has 0 spiro atoms. The Morgan fingerprint density at radius 2 is 2.12 bits per heavy atom. The van der Waals surface area contributed by atoms with Gasteiger partial charge in [0.15, 0.2) is 0 Å². The molecule has 2 aromatic carbocycles. The van der Waals surface area contributed by atoms with E-state index in [2.05, 4.69) is 20.4 Å². The minimum atomic E-state index is -0.0107.